The second kappa shape index (κ2) is 39.8. The van der Waals surface area contributed by atoms with Gasteiger partial charge >= 0.3 is 23.9 Å². The van der Waals surface area contributed by atoms with Crippen LogP contribution in [0, 0.1) is 76.4 Å². The van der Waals surface area contributed by atoms with E-state index in [1.54, 1.807) is 0 Å². The Morgan fingerprint density at radius 3 is 0.859 bits per heavy atom. The number of rotatable bonds is 55. The van der Waals surface area contributed by atoms with E-state index in [-0.39, 0.29) is 76.6 Å². The summed E-state index contributed by atoms with van der Waals surface area (Å²) in [5, 5.41) is 9.41. The number of nitrogens with zero attached hydrogens (tertiary/aromatic N) is 2. The van der Waals surface area contributed by atoms with Gasteiger partial charge in [-0.15, -0.1) is 0 Å². The van der Waals surface area contributed by atoms with Crippen LogP contribution in [0.5, 0.6) is 0 Å². The molecular formula is C74H130N2O9. The van der Waals surface area contributed by atoms with Crippen molar-refractivity contribution in [2.45, 2.75) is 297 Å². The molecule has 7 fully saturated rings. The quantitative estimate of drug-likeness (QED) is 0.0355. The molecule has 0 amide bonds. The summed E-state index contributed by atoms with van der Waals surface area (Å²) in [6.45, 7) is 10.8. The van der Waals surface area contributed by atoms with E-state index < -0.39 is 11.4 Å². The molecule has 6 saturated carbocycles. The number of hydrogen-bond acceptors (Lipinski definition) is 11. The minimum atomic E-state index is -1.24. The zero-order valence-electron chi connectivity index (χ0n) is 55.2. The van der Waals surface area contributed by atoms with Crippen LogP contribution in [0.3, 0.4) is 0 Å². The number of aliphatic hydroxyl groups excluding tert-OH is 1. The smallest absolute Gasteiger partial charge is 0.307 e. The van der Waals surface area contributed by atoms with Crippen molar-refractivity contribution in [1.82, 2.24) is 9.80 Å². The second-order valence-electron chi connectivity index (χ2n) is 29.9. The van der Waals surface area contributed by atoms with E-state index >= 15 is 0 Å². The standard InChI is InChI=1S/C74H130N2O9/c1-4-7-19-28-58-45-64(58)51-67-48-61(67)31-22-13-10-16-25-34-70(78)82-54-74(57-85-73(81)37-38-75-39-41-76(42-40-75)43-44-77,55-83-71(79)35-26-17-11-14-23-32-62-49-68(62)52-65-46-59(65)29-20-8-5-2)56-84-72(80)36-27-18-12-15-24-33-63-50-69(63)53-66-47-60(66)30-21-9-6-3/h58-69,77H,4-57H2,1-3H3. The topological polar surface area (TPSA) is 132 Å². The average Bonchev–Trinajstić information content (AvgIpc) is 3.23. The van der Waals surface area contributed by atoms with Gasteiger partial charge in [-0.25, -0.2) is 0 Å². The summed E-state index contributed by atoms with van der Waals surface area (Å²) in [5.74, 6) is 10.5. The van der Waals surface area contributed by atoms with Gasteiger partial charge in [-0.2, -0.15) is 0 Å². The van der Waals surface area contributed by atoms with Gasteiger partial charge < -0.3 is 29.0 Å². The summed E-state index contributed by atoms with van der Waals surface area (Å²) in [6, 6.07) is 0. The summed E-state index contributed by atoms with van der Waals surface area (Å²) < 4.78 is 24.0. The van der Waals surface area contributed by atoms with Crippen molar-refractivity contribution in [2.75, 3.05) is 72.3 Å². The Morgan fingerprint density at radius 1 is 0.329 bits per heavy atom. The van der Waals surface area contributed by atoms with Crippen molar-refractivity contribution >= 4 is 23.9 Å². The minimum Gasteiger partial charge on any atom is -0.465 e. The fourth-order valence-corrected chi connectivity index (χ4v) is 15.6. The van der Waals surface area contributed by atoms with Gasteiger partial charge in [0.15, 0.2) is 0 Å². The third kappa shape index (κ3) is 29.5. The Labute approximate surface area is 520 Å². The molecule has 6 aliphatic carbocycles. The van der Waals surface area contributed by atoms with E-state index in [1.165, 1.54) is 193 Å². The first kappa shape index (κ1) is 70.2. The highest BCUT2D eigenvalue weighted by atomic mass is 16.6. The fraction of sp³-hybridized carbons (Fsp3) is 0.946. The van der Waals surface area contributed by atoms with Crippen LogP contribution in [-0.4, -0.2) is 111 Å². The molecule has 1 aliphatic heterocycles. The van der Waals surface area contributed by atoms with Gasteiger partial charge in [0.25, 0.3) is 0 Å². The van der Waals surface area contributed by atoms with Gasteiger partial charge in [0, 0.05) is 58.5 Å². The Kier molecular flexibility index (Phi) is 32.9. The van der Waals surface area contributed by atoms with Crippen molar-refractivity contribution < 1.29 is 43.2 Å². The van der Waals surface area contributed by atoms with E-state index in [0.29, 0.717) is 13.1 Å². The van der Waals surface area contributed by atoms with Gasteiger partial charge in [0.05, 0.1) is 13.0 Å². The third-order valence-electron chi connectivity index (χ3n) is 22.3. The molecule has 0 aromatic rings. The molecule has 11 nitrogen and oxygen atoms in total. The van der Waals surface area contributed by atoms with Gasteiger partial charge in [-0.3, -0.25) is 24.1 Å². The molecule has 12 unspecified atom stereocenters. The van der Waals surface area contributed by atoms with E-state index in [0.717, 1.165) is 155 Å². The predicted molar refractivity (Wildman–Crippen MR) is 344 cm³/mol. The second-order valence-corrected chi connectivity index (χ2v) is 29.9. The molecule has 0 spiro atoms. The number of hydrogen-bond donors (Lipinski definition) is 1. The molecule has 0 aromatic heterocycles. The Balaban J connectivity index is 0.823. The molecule has 1 N–H and O–H groups in total. The maximum absolute atomic E-state index is 13.5. The summed E-state index contributed by atoms with van der Waals surface area (Å²) in [7, 11) is 0. The lowest BCUT2D eigenvalue weighted by Gasteiger charge is -2.34. The van der Waals surface area contributed by atoms with Crippen LogP contribution < -0.4 is 0 Å². The molecule has 7 rings (SSSR count). The van der Waals surface area contributed by atoms with Crippen LogP contribution in [0.25, 0.3) is 0 Å². The zero-order valence-corrected chi connectivity index (χ0v) is 55.2. The molecule has 7 aliphatic rings. The fourth-order valence-electron chi connectivity index (χ4n) is 15.6. The monoisotopic (exact) mass is 1190 g/mol. The van der Waals surface area contributed by atoms with Crippen LogP contribution in [0.15, 0.2) is 0 Å². The Morgan fingerprint density at radius 2 is 0.576 bits per heavy atom. The number of carbonyl (C=O) groups is 4. The van der Waals surface area contributed by atoms with Gasteiger partial charge in [0.2, 0.25) is 0 Å². The lowest BCUT2D eigenvalue weighted by molar-refractivity contribution is -0.171. The molecule has 490 valence electrons. The molecule has 85 heavy (non-hydrogen) atoms. The van der Waals surface area contributed by atoms with E-state index in [1.807, 2.05) is 0 Å². The SMILES string of the molecule is CCCCCC1CC1CC1CC1CCCCCCCC(=O)OCC(COC(=O)CCCCCCCC1CC1CC1CC1CCCCC)(COC(=O)CCCCCCCC1CC1CC1CC1CCCCC)COC(=O)CCN1CCN(CCO)CC1. The van der Waals surface area contributed by atoms with Crippen LogP contribution >= 0.6 is 0 Å². The molecule has 1 saturated heterocycles. The Hall–Kier alpha value is -2.24. The van der Waals surface area contributed by atoms with E-state index in [4.69, 9.17) is 18.9 Å². The molecule has 0 aromatic carbocycles. The molecule has 12 atom stereocenters. The van der Waals surface area contributed by atoms with E-state index in [9.17, 15) is 24.3 Å². The lowest BCUT2D eigenvalue weighted by Crippen LogP contribution is -2.47. The number of esters is 4. The van der Waals surface area contributed by atoms with Crippen LogP contribution in [0.4, 0.5) is 0 Å². The molecule has 1 heterocycles. The highest BCUT2D eigenvalue weighted by Gasteiger charge is 2.47. The molecule has 0 bridgehead atoms. The lowest BCUT2D eigenvalue weighted by atomic mass is 9.92. The van der Waals surface area contributed by atoms with E-state index in [2.05, 4.69) is 30.6 Å². The summed E-state index contributed by atoms with van der Waals surface area (Å²) >= 11 is 0. The van der Waals surface area contributed by atoms with Crippen molar-refractivity contribution in [1.29, 1.82) is 0 Å². The van der Waals surface area contributed by atoms with Gasteiger partial charge in [-0.1, -0.05) is 194 Å². The summed E-state index contributed by atoms with van der Waals surface area (Å²) in [6.07, 6.45) is 51.0. The maximum Gasteiger partial charge on any atom is 0.307 e. The third-order valence-corrected chi connectivity index (χ3v) is 22.3. The van der Waals surface area contributed by atoms with Gasteiger partial charge in [-0.05, 0) is 148 Å². The molecule has 0 radical (unpaired) electrons. The van der Waals surface area contributed by atoms with Crippen molar-refractivity contribution in [3.8, 4) is 0 Å². The average molecular weight is 1190 g/mol. The number of carbonyl (C=O) groups excluding carboxylic acids is 4. The summed E-state index contributed by atoms with van der Waals surface area (Å²) in [4.78, 5) is 58.5. The Bertz CT molecular complexity index is 1690. The predicted octanol–water partition coefficient (Wildman–Crippen LogP) is 17.1. The van der Waals surface area contributed by atoms with Crippen LogP contribution in [0.1, 0.15) is 297 Å². The largest absolute Gasteiger partial charge is 0.465 e. The number of ether oxygens (including phenoxy) is 4. The van der Waals surface area contributed by atoms with Gasteiger partial charge in [0.1, 0.15) is 31.8 Å². The number of aliphatic hydroxyl groups is 1. The number of β-amino-alcohol motifs (C(OH)–C–C–N with tert-alkyl or cyclic N) is 1. The first-order valence-corrected chi connectivity index (χ1v) is 37.2. The minimum absolute atomic E-state index is 0.135. The maximum atomic E-state index is 13.5. The van der Waals surface area contributed by atoms with Crippen molar-refractivity contribution in [3.63, 3.8) is 0 Å². The number of unbranched alkanes of at least 4 members (excludes halogenated alkanes) is 18. The van der Waals surface area contributed by atoms with Crippen LogP contribution in [-0.2, 0) is 38.1 Å². The first-order valence-electron chi connectivity index (χ1n) is 37.2. The highest BCUT2D eigenvalue weighted by molar-refractivity contribution is 5.71. The number of piperazine rings is 1. The molecular weight excluding hydrogens is 1060 g/mol. The van der Waals surface area contributed by atoms with Crippen LogP contribution in [0.2, 0.25) is 0 Å². The molecule has 11 heteroatoms. The normalized spacial score (nSPS) is 28.1. The van der Waals surface area contributed by atoms with Crippen molar-refractivity contribution in [3.05, 3.63) is 0 Å². The first-order chi connectivity index (χ1) is 41.6. The van der Waals surface area contributed by atoms with Crippen molar-refractivity contribution in [2.24, 2.45) is 76.4 Å². The zero-order chi connectivity index (χ0) is 59.9. The highest BCUT2D eigenvalue weighted by Crippen LogP contribution is 2.57. The summed E-state index contributed by atoms with van der Waals surface area (Å²) in [5.41, 5.74) is -1.24.